The van der Waals surface area contributed by atoms with Gasteiger partial charge in [-0.1, -0.05) is 47.5 Å². The van der Waals surface area contributed by atoms with Crippen molar-refractivity contribution in [1.29, 1.82) is 5.26 Å². The van der Waals surface area contributed by atoms with Crippen LogP contribution in [0.1, 0.15) is 16.8 Å². The minimum Gasteiger partial charge on any atom is -0.439 e. The van der Waals surface area contributed by atoms with E-state index in [-0.39, 0.29) is 0 Å². The van der Waals surface area contributed by atoms with Crippen molar-refractivity contribution in [3.63, 3.8) is 0 Å². The monoisotopic (exact) mass is 337 g/mol. The number of anilines is 1. The van der Waals surface area contributed by atoms with E-state index in [4.69, 9.17) is 22.1 Å². The van der Waals surface area contributed by atoms with Gasteiger partial charge in [-0.15, -0.1) is 0 Å². The van der Waals surface area contributed by atoms with Crippen molar-refractivity contribution in [2.45, 2.75) is 13.5 Å². The molecule has 0 unspecified atom stereocenters. The SMILES string of the molecule is Cc1cccc(Cn2c(C#N)cc(N)c2Oc2cccc(Cl)c2)c1. The highest BCUT2D eigenvalue weighted by atomic mass is 35.5. The van der Waals surface area contributed by atoms with E-state index in [1.807, 2.05) is 25.1 Å². The van der Waals surface area contributed by atoms with E-state index in [0.29, 0.717) is 34.6 Å². The zero-order valence-corrected chi connectivity index (χ0v) is 13.9. The molecule has 0 bridgehead atoms. The van der Waals surface area contributed by atoms with Gasteiger partial charge in [0.15, 0.2) is 0 Å². The molecule has 0 atom stereocenters. The zero-order chi connectivity index (χ0) is 17.1. The number of nitrogen functional groups attached to an aromatic ring is 1. The highest BCUT2D eigenvalue weighted by molar-refractivity contribution is 6.30. The Hall–Kier alpha value is -2.90. The summed E-state index contributed by atoms with van der Waals surface area (Å²) in [5.41, 5.74) is 9.15. The molecule has 0 radical (unpaired) electrons. The quantitative estimate of drug-likeness (QED) is 0.747. The number of aryl methyl sites for hydroxylation is 1. The van der Waals surface area contributed by atoms with Gasteiger partial charge in [0.05, 0.1) is 12.2 Å². The van der Waals surface area contributed by atoms with Crippen molar-refractivity contribution in [2.75, 3.05) is 5.73 Å². The van der Waals surface area contributed by atoms with Gasteiger partial charge in [-0.25, -0.2) is 0 Å². The van der Waals surface area contributed by atoms with Crippen LogP contribution in [0.3, 0.4) is 0 Å². The van der Waals surface area contributed by atoms with Crippen molar-refractivity contribution in [2.24, 2.45) is 0 Å². The van der Waals surface area contributed by atoms with Crippen LogP contribution in [0.5, 0.6) is 11.6 Å². The third-order valence-corrected chi connectivity index (χ3v) is 3.86. The minimum atomic E-state index is 0.416. The fraction of sp³-hybridized carbons (Fsp3) is 0.105. The third-order valence-electron chi connectivity index (χ3n) is 3.62. The lowest BCUT2D eigenvalue weighted by Gasteiger charge is -2.13. The first kappa shape index (κ1) is 16.0. The zero-order valence-electron chi connectivity index (χ0n) is 13.2. The highest BCUT2D eigenvalue weighted by Gasteiger charge is 2.16. The molecule has 0 aliphatic heterocycles. The number of halogens is 1. The van der Waals surface area contributed by atoms with Crippen molar-refractivity contribution < 1.29 is 4.74 Å². The summed E-state index contributed by atoms with van der Waals surface area (Å²) in [7, 11) is 0. The van der Waals surface area contributed by atoms with Crippen LogP contribution in [-0.4, -0.2) is 4.57 Å². The molecule has 5 heteroatoms. The van der Waals surface area contributed by atoms with E-state index in [1.165, 1.54) is 0 Å². The Morgan fingerprint density at radius 3 is 2.67 bits per heavy atom. The Labute approximate surface area is 145 Å². The van der Waals surface area contributed by atoms with Crippen molar-refractivity contribution in [3.8, 4) is 17.7 Å². The molecule has 120 valence electrons. The van der Waals surface area contributed by atoms with E-state index in [9.17, 15) is 5.26 Å². The number of aromatic nitrogens is 1. The molecule has 2 aromatic carbocycles. The van der Waals surface area contributed by atoms with E-state index >= 15 is 0 Å². The Morgan fingerprint density at radius 1 is 1.17 bits per heavy atom. The molecular weight excluding hydrogens is 322 g/mol. The van der Waals surface area contributed by atoms with Gasteiger partial charge >= 0.3 is 0 Å². The summed E-state index contributed by atoms with van der Waals surface area (Å²) in [6.07, 6.45) is 0. The molecule has 0 aliphatic carbocycles. The third kappa shape index (κ3) is 3.37. The van der Waals surface area contributed by atoms with Crippen LogP contribution in [0, 0.1) is 18.3 Å². The summed E-state index contributed by atoms with van der Waals surface area (Å²) < 4.78 is 7.68. The first-order chi connectivity index (χ1) is 11.6. The van der Waals surface area contributed by atoms with Gasteiger partial charge in [-0.2, -0.15) is 5.26 Å². The summed E-state index contributed by atoms with van der Waals surface area (Å²) >= 11 is 6.00. The number of benzene rings is 2. The van der Waals surface area contributed by atoms with Crippen LogP contribution < -0.4 is 10.5 Å². The maximum Gasteiger partial charge on any atom is 0.224 e. The van der Waals surface area contributed by atoms with Gasteiger partial charge in [-0.05, 0) is 30.7 Å². The van der Waals surface area contributed by atoms with Gasteiger partial charge in [-0.3, -0.25) is 4.57 Å². The van der Waals surface area contributed by atoms with E-state index in [2.05, 4.69) is 12.1 Å². The fourth-order valence-electron chi connectivity index (χ4n) is 2.55. The van der Waals surface area contributed by atoms with Crippen molar-refractivity contribution in [3.05, 3.63) is 76.4 Å². The lowest BCUT2D eigenvalue weighted by Crippen LogP contribution is -2.05. The molecule has 0 spiro atoms. The van der Waals surface area contributed by atoms with Crippen LogP contribution in [0.15, 0.2) is 54.6 Å². The molecule has 3 rings (SSSR count). The van der Waals surface area contributed by atoms with Crippen LogP contribution in [0.4, 0.5) is 5.69 Å². The molecule has 1 heterocycles. The molecule has 2 N–H and O–H groups in total. The van der Waals surface area contributed by atoms with Gasteiger partial charge < -0.3 is 10.5 Å². The summed E-state index contributed by atoms with van der Waals surface area (Å²) in [5.74, 6) is 1.01. The Morgan fingerprint density at radius 2 is 1.96 bits per heavy atom. The molecule has 3 aromatic rings. The van der Waals surface area contributed by atoms with Crippen LogP contribution >= 0.6 is 11.6 Å². The standard InChI is InChI=1S/C19H16ClN3O/c1-13-4-2-5-14(8-13)12-23-16(11-21)10-18(22)19(23)24-17-7-3-6-15(20)9-17/h2-10H,12,22H2,1H3. The van der Waals surface area contributed by atoms with E-state index in [1.54, 1.807) is 34.9 Å². The molecule has 0 fully saturated rings. The number of nitrogens with zero attached hydrogens (tertiary/aromatic N) is 2. The average Bonchev–Trinajstić information content (AvgIpc) is 2.83. The predicted octanol–water partition coefficient (Wildman–Crippen LogP) is 4.74. The minimum absolute atomic E-state index is 0.416. The predicted molar refractivity (Wildman–Crippen MR) is 95.4 cm³/mol. The smallest absolute Gasteiger partial charge is 0.224 e. The molecule has 0 amide bonds. The lowest BCUT2D eigenvalue weighted by molar-refractivity contribution is 0.437. The number of ether oxygens (including phenoxy) is 1. The summed E-state index contributed by atoms with van der Waals surface area (Å²) in [6, 6.07) is 18.9. The van der Waals surface area contributed by atoms with Crippen LogP contribution in [-0.2, 0) is 6.54 Å². The largest absolute Gasteiger partial charge is 0.439 e. The summed E-state index contributed by atoms with van der Waals surface area (Å²) in [6.45, 7) is 2.53. The summed E-state index contributed by atoms with van der Waals surface area (Å²) in [5, 5.41) is 9.97. The average molecular weight is 338 g/mol. The molecule has 0 saturated carbocycles. The Balaban J connectivity index is 2.00. The van der Waals surface area contributed by atoms with Gasteiger partial charge in [0.1, 0.15) is 17.5 Å². The second-order valence-corrected chi connectivity index (χ2v) is 5.97. The van der Waals surface area contributed by atoms with Crippen LogP contribution in [0.2, 0.25) is 5.02 Å². The fourth-order valence-corrected chi connectivity index (χ4v) is 2.73. The number of hydrogen-bond donors (Lipinski definition) is 1. The van der Waals surface area contributed by atoms with Crippen molar-refractivity contribution >= 4 is 17.3 Å². The lowest BCUT2D eigenvalue weighted by atomic mass is 10.1. The second kappa shape index (κ2) is 6.69. The highest BCUT2D eigenvalue weighted by Crippen LogP contribution is 2.32. The Kier molecular flexibility index (Phi) is 4.45. The number of rotatable bonds is 4. The van der Waals surface area contributed by atoms with Gasteiger partial charge in [0, 0.05) is 11.1 Å². The van der Waals surface area contributed by atoms with E-state index in [0.717, 1.165) is 11.1 Å². The molecule has 0 saturated heterocycles. The molecule has 24 heavy (non-hydrogen) atoms. The number of nitrogens with two attached hydrogens (primary N) is 1. The maximum atomic E-state index is 9.40. The first-order valence-corrected chi connectivity index (χ1v) is 7.82. The number of nitriles is 1. The van der Waals surface area contributed by atoms with Gasteiger partial charge in [0.2, 0.25) is 5.88 Å². The normalized spacial score (nSPS) is 10.4. The first-order valence-electron chi connectivity index (χ1n) is 7.45. The topological polar surface area (TPSA) is 64.0 Å². The summed E-state index contributed by atoms with van der Waals surface area (Å²) in [4.78, 5) is 0. The Bertz CT molecular complexity index is 925. The molecule has 4 nitrogen and oxygen atoms in total. The molecule has 1 aromatic heterocycles. The van der Waals surface area contributed by atoms with Gasteiger partial charge in [0.25, 0.3) is 0 Å². The van der Waals surface area contributed by atoms with Crippen molar-refractivity contribution in [1.82, 2.24) is 4.57 Å². The van der Waals surface area contributed by atoms with E-state index < -0.39 is 0 Å². The number of hydrogen-bond acceptors (Lipinski definition) is 3. The van der Waals surface area contributed by atoms with Crippen LogP contribution in [0.25, 0.3) is 0 Å². The molecule has 0 aliphatic rings. The molecular formula is C19H16ClN3O. The second-order valence-electron chi connectivity index (χ2n) is 5.54. The maximum absolute atomic E-state index is 9.40.